The van der Waals surface area contributed by atoms with Crippen molar-refractivity contribution >= 4 is 17.2 Å². The molecule has 1 atom stereocenters. The summed E-state index contributed by atoms with van der Waals surface area (Å²) < 4.78 is 25.8. The van der Waals surface area contributed by atoms with Crippen molar-refractivity contribution in [3.63, 3.8) is 0 Å². The summed E-state index contributed by atoms with van der Waals surface area (Å²) in [6.07, 6.45) is 5.22. The van der Waals surface area contributed by atoms with Crippen LogP contribution >= 0.6 is 0 Å². The molecule has 0 aliphatic heterocycles. The summed E-state index contributed by atoms with van der Waals surface area (Å²) in [5.74, 6) is -0.126. The zero-order chi connectivity index (χ0) is 11.1. The summed E-state index contributed by atoms with van der Waals surface area (Å²) in [5, 5.41) is 0. The fourth-order valence-electron chi connectivity index (χ4n) is 1.74. The van der Waals surface area contributed by atoms with E-state index >= 15 is 0 Å². The summed E-state index contributed by atoms with van der Waals surface area (Å²) >= 11 is -2.03. The van der Waals surface area contributed by atoms with Crippen molar-refractivity contribution in [2.45, 2.75) is 32.1 Å². The van der Waals surface area contributed by atoms with Gasteiger partial charge in [0.1, 0.15) is 6.61 Å². The summed E-state index contributed by atoms with van der Waals surface area (Å²) in [6, 6.07) is 0. The van der Waals surface area contributed by atoms with Crippen LogP contribution in [0.15, 0.2) is 0 Å². The van der Waals surface area contributed by atoms with Crippen molar-refractivity contribution in [3.05, 3.63) is 0 Å². The molecule has 0 saturated heterocycles. The lowest BCUT2D eigenvalue weighted by Gasteiger charge is -2.19. The Balaban J connectivity index is 2.09. The molecule has 0 bridgehead atoms. The van der Waals surface area contributed by atoms with Gasteiger partial charge in [0.2, 0.25) is 11.3 Å². The minimum atomic E-state index is -2.03. The van der Waals surface area contributed by atoms with E-state index in [0.29, 0.717) is 0 Å². The first kappa shape index (κ1) is 12.6. The Bertz CT molecular complexity index is 228. The Morgan fingerprint density at radius 2 is 2.07 bits per heavy atom. The van der Waals surface area contributed by atoms with Gasteiger partial charge in [-0.1, -0.05) is 19.3 Å². The second kappa shape index (κ2) is 6.92. The quantitative estimate of drug-likeness (QED) is 0.420. The van der Waals surface area contributed by atoms with Crippen LogP contribution in [-0.2, 0) is 20.8 Å². The molecule has 5 nitrogen and oxygen atoms in total. The lowest BCUT2D eigenvalue weighted by atomic mass is 9.89. The van der Waals surface area contributed by atoms with Crippen molar-refractivity contribution < 1.29 is 18.3 Å². The first-order valence-corrected chi connectivity index (χ1v) is 6.32. The summed E-state index contributed by atoms with van der Waals surface area (Å²) in [6.45, 7) is 0.364. The van der Waals surface area contributed by atoms with Crippen molar-refractivity contribution in [2.24, 2.45) is 5.92 Å². The van der Waals surface area contributed by atoms with Gasteiger partial charge >= 0.3 is 5.97 Å². The van der Waals surface area contributed by atoms with Gasteiger partial charge in [-0.3, -0.25) is 9.35 Å². The van der Waals surface area contributed by atoms with Crippen LogP contribution in [0.3, 0.4) is 0 Å². The molecule has 1 rings (SSSR count). The summed E-state index contributed by atoms with van der Waals surface area (Å²) in [4.78, 5) is 11.5. The average Bonchev–Trinajstić information content (AvgIpc) is 2.25. The van der Waals surface area contributed by atoms with Crippen LogP contribution in [0.2, 0.25) is 0 Å². The molecule has 0 spiro atoms. The fraction of sp³-hybridized carbons (Fsp3) is 0.889. The number of ether oxygens (including phenoxy) is 1. The van der Waals surface area contributed by atoms with Crippen LogP contribution in [0.5, 0.6) is 0 Å². The lowest BCUT2D eigenvalue weighted by Crippen LogP contribution is -2.26. The molecule has 0 aromatic heterocycles. The maximum Gasteiger partial charge on any atom is 0.308 e. The van der Waals surface area contributed by atoms with Gasteiger partial charge in [0.05, 0.1) is 5.92 Å². The Labute approximate surface area is 92.0 Å². The lowest BCUT2D eigenvalue weighted by molar-refractivity contribution is -0.149. The van der Waals surface area contributed by atoms with E-state index in [4.69, 9.17) is 9.29 Å². The molecular formula is C9H17NO4S. The van der Waals surface area contributed by atoms with Gasteiger partial charge in [0.15, 0.2) is 0 Å². The highest BCUT2D eigenvalue weighted by Crippen LogP contribution is 2.24. The molecule has 0 aromatic rings. The standard InChI is InChI=1S/C9H17NO4S/c11-9(8-4-2-1-3-5-8)14-7-6-10-15(12)13/h8,10H,1-7H2,(H,12,13). The third-order valence-corrected chi connectivity index (χ3v) is 2.96. The molecule has 2 N–H and O–H groups in total. The topological polar surface area (TPSA) is 75.6 Å². The van der Waals surface area contributed by atoms with Crippen LogP contribution < -0.4 is 4.72 Å². The van der Waals surface area contributed by atoms with Crippen LogP contribution in [0.1, 0.15) is 32.1 Å². The van der Waals surface area contributed by atoms with Gasteiger partial charge < -0.3 is 4.74 Å². The van der Waals surface area contributed by atoms with Gasteiger partial charge in [-0.05, 0) is 12.8 Å². The summed E-state index contributed by atoms with van der Waals surface area (Å²) in [7, 11) is 0. The molecule has 0 heterocycles. The third kappa shape index (κ3) is 5.25. The number of carbonyl (C=O) groups is 1. The van der Waals surface area contributed by atoms with E-state index in [1.54, 1.807) is 0 Å². The van der Waals surface area contributed by atoms with Crippen LogP contribution in [0.4, 0.5) is 0 Å². The van der Waals surface area contributed by atoms with Crippen LogP contribution in [0.25, 0.3) is 0 Å². The monoisotopic (exact) mass is 235 g/mol. The van der Waals surface area contributed by atoms with E-state index in [-0.39, 0.29) is 25.0 Å². The molecule has 1 aliphatic rings. The van der Waals surface area contributed by atoms with E-state index in [2.05, 4.69) is 4.72 Å². The number of carbonyl (C=O) groups excluding carboxylic acids is 1. The first-order chi connectivity index (χ1) is 7.20. The Kier molecular flexibility index (Phi) is 5.82. The van der Waals surface area contributed by atoms with E-state index < -0.39 is 11.3 Å². The van der Waals surface area contributed by atoms with Gasteiger partial charge in [0, 0.05) is 6.54 Å². The highest BCUT2D eigenvalue weighted by Gasteiger charge is 2.22. The molecular weight excluding hydrogens is 218 g/mol. The van der Waals surface area contributed by atoms with Gasteiger partial charge in [-0.25, -0.2) is 8.93 Å². The highest BCUT2D eigenvalue weighted by atomic mass is 32.2. The minimum Gasteiger partial charge on any atom is -0.464 e. The zero-order valence-corrected chi connectivity index (χ0v) is 9.42. The van der Waals surface area contributed by atoms with Gasteiger partial charge in [-0.2, -0.15) is 0 Å². The predicted molar refractivity (Wildman–Crippen MR) is 56.3 cm³/mol. The Morgan fingerprint density at radius 1 is 1.40 bits per heavy atom. The zero-order valence-electron chi connectivity index (χ0n) is 8.61. The number of esters is 1. The van der Waals surface area contributed by atoms with Crippen LogP contribution in [0, 0.1) is 5.92 Å². The summed E-state index contributed by atoms with van der Waals surface area (Å²) in [5.41, 5.74) is 0. The van der Waals surface area contributed by atoms with Crippen molar-refractivity contribution in [2.75, 3.05) is 13.2 Å². The largest absolute Gasteiger partial charge is 0.464 e. The maximum absolute atomic E-state index is 11.5. The Hall–Kier alpha value is -0.460. The fourth-order valence-corrected chi connectivity index (χ4v) is 1.99. The van der Waals surface area contributed by atoms with E-state index in [0.717, 1.165) is 25.7 Å². The average molecular weight is 235 g/mol. The molecule has 1 fully saturated rings. The van der Waals surface area contributed by atoms with E-state index in [9.17, 15) is 9.00 Å². The molecule has 1 aliphatic carbocycles. The van der Waals surface area contributed by atoms with E-state index in [1.807, 2.05) is 0 Å². The second-order valence-corrected chi connectivity index (χ2v) is 4.43. The van der Waals surface area contributed by atoms with Crippen LogP contribution in [-0.4, -0.2) is 27.9 Å². The molecule has 1 saturated carbocycles. The van der Waals surface area contributed by atoms with Crippen molar-refractivity contribution in [3.8, 4) is 0 Å². The minimum absolute atomic E-state index is 0.0402. The van der Waals surface area contributed by atoms with Crippen molar-refractivity contribution in [1.82, 2.24) is 4.72 Å². The molecule has 6 heteroatoms. The molecule has 15 heavy (non-hydrogen) atoms. The van der Waals surface area contributed by atoms with Crippen molar-refractivity contribution in [1.29, 1.82) is 0 Å². The number of hydrogen-bond donors (Lipinski definition) is 2. The number of nitrogens with one attached hydrogen (secondary N) is 1. The second-order valence-electron chi connectivity index (χ2n) is 3.65. The van der Waals surface area contributed by atoms with Gasteiger partial charge in [0.25, 0.3) is 0 Å². The molecule has 0 amide bonds. The predicted octanol–water partition coefficient (Wildman–Crippen LogP) is 0.836. The number of rotatable bonds is 5. The smallest absolute Gasteiger partial charge is 0.308 e. The molecule has 0 aromatic carbocycles. The molecule has 1 unspecified atom stereocenters. The van der Waals surface area contributed by atoms with Gasteiger partial charge in [-0.15, -0.1) is 0 Å². The highest BCUT2D eigenvalue weighted by molar-refractivity contribution is 7.77. The number of hydrogen-bond acceptors (Lipinski definition) is 3. The first-order valence-electron chi connectivity index (χ1n) is 5.21. The maximum atomic E-state index is 11.5. The van der Waals surface area contributed by atoms with E-state index in [1.165, 1.54) is 6.42 Å². The Morgan fingerprint density at radius 3 is 2.67 bits per heavy atom. The molecule has 88 valence electrons. The molecule has 0 radical (unpaired) electrons. The third-order valence-electron chi connectivity index (χ3n) is 2.51. The normalized spacial score (nSPS) is 19.8. The SMILES string of the molecule is O=C(OCCNS(=O)O)C1CCCCC1.